The topological polar surface area (TPSA) is 187 Å². The lowest BCUT2D eigenvalue weighted by molar-refractivity contribution is -0.177. The Morgan fingerprint density at radius 2 is 1.87 bits per heavy atom. The molecule has 256 valence electrons. The Kier molecular flexibility index (Phi) is 9.30. The van der Waals surface area contributed by atoms with Crippen molar-refractivity contribution >= 4 is 29.8 Å². The van der Waals surface area contributed by atoms with Crippen LogP contribution in [0.1, 0.15) is 64.5 Å². The van der Waals surface area contributed by atoms with Gasteiger partial charge in [-0.15, -0.1) is 0 Å². The number of rotatable bonds is 12. The van der Waals surface area contributed by atoms with Crippen LogP contribution < -0.4 is 14.8 Å². The lowest BCUT2D eigenvalue weighted by Crippen LogP contribution is -2.74. The van der Waals surface area contributed by atoms with Gasteiger partial charge in [0.05, 0.1) is 24.5 Å². The number of likely N-dealkylation sites (tertiary alicyclic amines) is 1. The molecule has 2 aliphatic heterocycles. The molecular formula is C33H42N2O12. The quantitative estimate of drug-likeness (QED) is 0.216. The number of ether oxygens (including phenoxy) is 5. The molecule has 4 aliphatic rings. The van der Waals surface area contributed by atoms with E-state index in [0.717, 1.165) is 18.1 Å². The van der Waals surface area contributed by atoms with E-state index in [2.05, 4.69) is 10.2 Å². The number of aliphatic hydroxyl groups is 1. The predicted octanol–water partition coefficient (Wildman–Crippen LogP) is 1.39. The van der Waals surface area contributed by atoms with Gasteiger partial charge in [-0.05, 0) is 63.4 Å². The number of hydrogen-bond donors (Lipinski definition) is 3. The van der Waals surface area contributed by atoms with Gasteiger partial charge in [-0.25, -0.2) is 9.59 Å². The summed E-state index contributed by atoms with van der Waals surface area (Å²) < 4.78 is 28.1. The fourth-order valence-electron chi connectivity index (χ4n) is 7.57. The number of aliphatic carboxylic acids is 1. The summed E-state index contributed by atoms with van der Waals surface area (Å²) in [5.74, 6) is -4.01. The minimum atomic E-state index is -1.75. The molecule has 14 heteroatoms. The fourth-order valence-corrected chi connectivity index (χ4v) is 7.57. The monoisotopic (exact) mass is 658 g/mol. The van der Waals surface area contributed by atoms with Gasteiger partial charge in [0.25, 0.3) is 5.91 Å². The number of piperidine rings is 1. The second-order valence-corrected chi connectivity index (χ2v) is 13.2. The number of carbonyl (C=O) groups excluding carboxylic acids is 4. The van der Waals surface area contributed by atoms with E-state index in [1.165, 1.54) is 14.0 Å². The highest BCUT2D eigenvalue weighted by molar-refractivity contribution is 5.89. The van der Waals surface area contributed by atoms with E-state index in [9.17, 15) is 34.2 Å². The van der Waals surface area contributed by atoms with Gasteiger partial charge in [-0.1, -0.05) is 19.9 Å². The summed E-state index contributed by atoms with van der Waals surface area (Å²) >= 11 is 0. The van der Waals surface area contributed by atoms with E-state index in [0.29, 0.717) is 30.9 Å². The minimum Gasteiger partial charge on any atom is -0.493 e. The van der Waals surface area contributed by atoms with Crippen molar-refractivity contribution in [2.45, 2.75) is 101 Å². The third-order valence-electron chi connectivity index (χ3n) is 9.70. The van der Waals surface area contributed by atoms with Crippen LogP contribution in [-0.2, 0) is 50.0 Å². The molecule has 0 saturated carbocycles. The van der Waals surface area contributed by atoms with E-state index < -0.39 is 71.6 Å². The third-order valence-corrected chi connectivity index (χ3v) is 9.70. The molecule has 2 heterocycles. The summed E-state index contributed by atoms with van der Waals surface area (Å²) in [4.78, 5) is 64.6. The average Bonchev–Trinajstić information content (AvgIpc) is 3.35. The van der Waals surface area contributed by atoms with Gasteiger partial charge in [0.1, 0.15) is 11.8 Å². The van der Waals surface area contributed by atoms with Gasteiger partial charge in [-0.3, -0.25) is 14.4 Å². The smallest absolute Gasteiger partial charge is 0.348 e. The number of esters is 3. The fraction of sp³-hybridized carbons (Fsp3) is 0.606. The first-order chi connectivity index (χ1) is 22.1. The number of hydrogen-bond acceptors (Lipinski definition) is 12. The first-order valence-corrected chi connectivity index (χ1v) is 15.7. The molecule has 2 bridgehead atoms. The van der Waals surface area contributed by atoms with Gasteiger partial charge in [0, 0.05) is 24.9 Å². The summed E-state index contributed by atoms with van der Waals surface area (Å²) in [5, 5.41) is 24.1. The van der Waals surface area contributed by atoms with Crippen LogP contribution in [0.15, 0.2) is 24.0 Å². The molecule has 1 aromatic rings. The van der Waals surface area contributed by atoms with Gasteiger partial charge in [-0.2, -0.15) is 0 Å². The van der Waals surface area contributed by atoms with Gasteiger partial charge < -0.3 is 44.1 Å². The molecule has 0 unspecified atom stereocenters. The number of carboxylic acids is 1. The van der Waals surface area contributed by atoms with Crippen LogP contribution in [0.25, 0.3) is 0 Å². The number of carboxylic acid groups (broad SMARTS) is 1. The molecule has 0 aromatic heterocycles. The molecule has 1 amide bonds. The highest BCUT2D eigenvalue weighted by Crippen LogP contribution is 2.65. The van der Waals surface area contributed by atoms with Gasteiger partial charge in [0.15, 0.2) is 23.7 Å². The average molecular weight is 659 g/mol. The maximum Gasteiger partial charge on any atom is 0.348 e. The summed E-state index contributed by atoms with van der Waals surface area (Å²) in [6.07, 6.45) is -1.75. The SMILES string of the molecule is COc1ccc2c3c1O[C@H]1C(OC(=O)C[C@H](OC(C)=O)C(=O)O[C@@H](C)C(=O)N[C@@H](CC(C)C)C(=O)O)=CC[C@@]4(O)[C@@H](C2)N(C)CC[C@]314. The van der Waals surface area contributed by atoms with Crippen molar-refractivity contribution in [3.8, 4) is 11.5 Å². The van der Waals surface area contributed by atoms with Gasteiger partial charge >= 0.3 is 23.9 Å². The standard InChI is InChI=1S/C33H42N2O12/c1-16(2)13-20(30(39)40)34-29(38)17(3)44-31(41)23(45-18(4)36)15-25(37)46-22-9-10-33(42)24-14-19-7-8-21(43-6)27-26(19)32(33,28(22)47-27)11-12-35(24)5/h7-9,16-17,20,23-24,28,42H,10-15H2,1-6H3,(H,34,38)(H,39,40)/t17-,20-,23-,24+,28-,32-,33+/m0/s1. The molecule has 1 saturated heterocycles. The van der Waals surface area contributed by atoms with Crippen molar-refractivity contribution in [2.75, 3.05) is 20.7 Å². The van der Waals surface area contributed by atoms with Crippen LogP contribution in [0.3, 0.4) is 0 Å². The molecular weight excluding hydrogens is 616 g/mol. The van der Waals surface area contributed by atoms with Crippen molar-refractivity contribution in [2.24, 2.45) is 5.92 Å². The number of nitrogens with zero attached hydrogens (tertiary/aromatic N) is 1. The lowest BCUT2D eigenvalue weighted by Gasteiger charge is -2.61. The Morgan fingerprint density at radius 1 is 1.15 bits per heavy atom. The van der Waals surface area contributed by atoms with Crippen LogP contribution in [0, 0.1) is 5.92 Å². The maximum atomic E-state index is 13.3. The van der Waals surface area contributed by atoms with E-state index in [1.54, 1.807) is 19.9 Å². The Bertz CT molecular complexity index is 1510. The molecule has 7 atom stereocenters. The molecule has 1 aromatic carbocycles. The van der Waals surface area contributed by atoms with E-state index in [1.807, 2.05) is 19.2 Å². The van der Waals surface area contributed by atoms with Gasteiger partial charge in [0.2, 0.25) is 6.10 Å². The zero-order chi connectivity index (χ0) is 34.4. The molecule has 14 nitrogen and oxygen atoms in total. The van der Waals surface area contributed by atoms with Crippen molar-refractivity contribution in [3.63, 3.8) is 0 Å². The number of carbonyl (C=O) groups is 5. The van der Waals surface area contributed by atoms with E-state index in [4.69, 9.17) is 23.7 Å². The second-order valence-electron chi connectivity index (χ2n) is 13.2. The van der Waals surface area contributed by atoms with Crippen molar-refractivity contribution < 1.29 is 57.9 Å². The Morgan fingerprint density at radius 3 is 2.51 bits per heavy atom. The summed E-state index contributed by atoms with van der Waals surface area (Å²) in [6, 6.07) is 2.39. The Labute approximate surface area is 272 Å². The number of nitrogens with one attached hydrogen (secondary N) is 1. The van der Waals surface area contributed by atoms with Crippen LogP contribution in [0.4, 0.5) is 0 Å². The lowest BCUT2D eigenvalue weighted by atomic mass is 9.50. The summed E-state index contributed by atoms with van der Waals surface area (Å²) in [5.41, 5.74) is -0.276. The zero-order valence-electron chi connectivity index (χ0n) is 27.4. The van der Waals surface area contributed by atoms with E-state index >= 15 is 0 Å². The number of benzene rings is 1. The largest absolute Gasteiger partial charge is 0.493 e. The third kappa shape index (κ3) is 5.93. The van der Waals surface area contributed by atoms with Crippen LogP contribution >= 0.6 is 0 Å². The first-order valence-electron chi connectivity index (χ1n) is 15.7. The summed E-state index contributed by atoms with van der Waals surface area (Å²) in [7, 11) is 3.50. The van der Waals surface area contributed by atoms with Crippen molar-refractivity contribution in [3.05, 3.63) is 35.1 Å². The van der Waals surface area contributed by atoms with Crippen molar-refractivity contribution in [1.82, 2.24) is 10.2 Å². The van der Waals surface area contributed by atoms with Crippen LogP contribution in [0.5, 0.6) is 11.5 Å². The summed E-state index contributed by atoms with van der Waals surface area (Å²) in [6.45, 7) is 6.53. The molecule has 47 heavy (non-hydrogen) atoms. The van der Waals surface area contributed by atoms with Crippen LogP contribution in [-0.4, -0.2) is 102 Å². The normalized spacial score (nSPS) is 27.3. The highest BCUT2D eigenvalue weighted by atomic mass is 16.6. The molecule has 1 spiro atoms. The second kappa shape index (κ2) is 12.8. The number of likely N-dealkylation sites (N-methyl/N-ethyl adjacent to an activating group) is 1. The zero-order valence-corrected chi connectivity index (χ0v) is 27.4. The molecule has 5 rings (SSSR count). The van der Waals surface area contributed by atoms with Crippen LogP contribution in [0.2, 0.25) is 0 Å². The number of methoxy groups -OCH3 is 1. The molecule has 2 aliphatic carbocycles. The molecule has 1 fully saturated rings. The highest BCUT2D eigenvalue weighted by Gasteiger charge is 2.72. The Hall–Kier alpha value is -4.17. The predicted molar refractivity (Wildman–Crippen MR) is 162 cm³/mol. The van der Waals surface area contributed by atoms with E-state index in [-0.39, 0.29) is 30.6 Å². The molecule has 3 N–H and O–H groups in total. The molecule has 0 radical (unpaired) electrons. The van der Waals surface area contributed by atoms with Crippen molar-refractivity contribution in [1.29, 1.82) is 0 Å². The Balaban J connectivity index is 1.33. The number of amides is 1. The maximum absolute atomic E-state index is 13.3. The first kappa shape index (κ1) is 34.2. The minimum absolute atomic E-state index is 0.0341.